The maximum absolute atomic E-state index is 12.7. The molecule has 1 unspecified atom stereocenters. The van der Waals surface area contributed by atoms with Crippen LogP contribution in [-0.4, -0.2) is 49.8 Å². The lowest BCUT2D eigenvalue weighted by Gasteiger charge is -2.26. The topological polar surface area (TPSA) is 66.6 Å². The zero-order valence-electron chi connectivity index (χ0n) is 12.4. The molecule has 0 amide bonds. The standard InChI is InChI=1S/C14H22ClN3O2S/c1-3-17(4-2)11-7-8-18(10-11)21(19,20)12-5-6-13(15)14(16)9-12/h5-6,9,11H,3-4,7-8,10,16H2,1-2H3. The Bertz CT molecular complexity index is 602. The highest BCUT2D eigenvalue weighted by Gasteiger charge is 2.34. The third-order valence-electron chi connectivity index (χ3n) is 4.06. The van der Waals surface area contributed by atoms with E-state index in [4.69, 9.17) is 17.3 Å². The van der Waals surface area contributed by atoms with Gasteiger partial charge < -0.3 is 5.73 Å². The molecule has 1 aliphatic heterocycles. The molecule has 1 aromatic rings. The predicted molar refractivity (Wildman–Crippen MR) is 85.9 cm³/mol. The number of rotatable bonds is 5. The zero-order chi connectivity index (χ0) is 15.6. The molecule has 2 rings (SSSR count). The van der Waals surface area contributed by atoms with Gasteiger partial charge in [-0.25, -0.2) is 8.42 Å². The Balaban J connectivity index is 2.19. The van der Waals surface area contributed by atoms with Gasteiger partial charge in [-0.05, 0) is 37.7 Å². The van der Waals surface area contributed by atoms with Crippen molar-refractivity contribution in [3.63, 3.8) is 0 Å². The number of halogens is 1. The molecular weight excluding hydrogens is 310 g/mol. The Labute approximate surface area is 131 Å². The number of nitrogens with zero attached hydrogens (tertiary/aromatic N) is 2. The molecule has 1 aromatic carbocycles. The fourth-order valence-corrected chi connectivity index (χ4v) is 4.44. The van der Waals surface area contributed by atoms with E-state index in [0.29, 0.717) is 24.2 Å². The number of hydrogen-bond donors (Lipinski definition) is 1. The van der Waals surface area contributed by atoms with E-state index >= 15 is 0 Å². The Hall–Kier alpha value is -0.820. The quantitative estimate of drug-likeness (QED) is 0.838. The van der Waals surface area contributed by atoms with Gasteiger partial charge in [-0.1, -0.05) is 25.4 Å². The van der Waals surface area contributed by atoms with Crippen molar-refractivity contribution in [1.82, 2.24) is 9.21 Å². The maximum Gasteiger partial charge on any atom is 0.243 e. The second-order valence-corrected chi connectivity index (χ2v) is 7.56. The van der Waals surface area contributed by atoms with E-state index in [-0.39, 0.29) is 10.6 Å². The Morgan fingerprint density at radius 3 is 2.62 bits per heavy atom. The van der Waals surface area contributed by atoms with Crippen LogP contribution in [-0.2, 0) is 10.0 Å². The van der Waals surface area contributed by atoms with E-state index in [1.54, 1.807) is 4.31 Å². The SMILES string of the molecule is CCN(CC)C1CCN(S(=O)(=O)c2ccc(Cl)c(N)c2)C1. The molecule has 118 valence electrons. The van der Waals surface area contributed by atoms with Crippen LogP contribution in [0.3, 0.4) is 0 Å². The van der Waals surface area contributed by atoms with Gasteiger partial charge in [0, 0.05) is 19.1 Å². The third-order valence-corrected chi connectivity index (χ3v) is 6.27. The summed E-state index contributed by atoms with van der Waals surface area (Å²) in [5, 5.41) is 0.372. The van der Waals surface area contributed by atoms with Crippen LogP contribution < -0.4 is 5.73 Å². The number of likely N-dealkylation sites (N-methyl/N-ethyl adjacent to an activating group) is 1. The average molecular weight is 332 g/mol. The lowest BCUT2D eigenvalue weighted by atomic mass is 10.2. The van der Waals surface area contributed by atoms with E-state index in [9.17, 15) is 8.42 Å². The minimum atomic E-state index is -3.49. The summed E-state index contributed by atoms with van der Waals surface area (Å²) in [4.78, 5) is 2.51. The zero-order valence-corrected chi connectivity index (χ0v) is 14.0. The van der Waals surface area contributed by atoms with Crippen molar-refractivity contribution in [2.45, 2.75) is 31.2 Å². The Kier molecular flexibility index (Phi) is 5.14. The number of benzene rings is 1. The van der Waals surface area contributed by atoms with Gasteiger partial charge in [0.05, 0.1) is 15.6 Å². The van der Waals surface area contributed by atoms with Gasteiger partial charge in [-0.3, -0.25) is 4.90 Å². The molecule has 21 heavy (non-hydrogen) atoms. The molecule has 0 saturated carbocycles. The second kappa shape index (κ2) is 6.52. The molecule has 0 aliphatic carbocycles. The monoisotopic (exact) mass is 331 g/mol. The highest BCUT2D eigenvalue weighted by atomic mass is 35.5. The van der Waals surface area contributed by atoms with Crippen LogP contribution in [0.5, 0.6) is 0 Å². The molecule has 1 fully saturated rings. The molecule has 1 atom stereocenters. The Morgan fingerprint density at radius 2 is 2.05 bits per heavy atom. The van der Waals surface area contributed by atoms with Crippen molar-refractivity contribution in [3.8, 4) is 0 Å². The van der Waals surface area contributed by atoms with E-state index < -0.39 is 10.0 Å². The van der Waals surface area contributed by atoms with Crippen LogP contribution in [0.2, 0.25) is 5.02 Å². The van der Waals surface area contributed by atoms with Crippen LogP contribution in [0.4, 0.5) is 5.69 Å². The van der Waals surface area contributed by atoms with Crippen LogP contribution in [0, 0.1) is 0 Å². The molecule has 0 aromatic heterocycles. The summed E-state index contributed by atoms with van der Waals surface area (Å²) < 4.78 is 26.8. The summed E-state index contributed by atoms with van der Waals surface area (Å²) in [7, 11) is -3.49. The van der Waals surface area contributed by atoms with Gasteiger partial charge in [0.2, 0.25) is 10.0 Å². The smallest absolute Gasteiger partial charge is 0.243 e. The van der Waals surface area contributed by atoms with Gasteiger partial charge in [0.25, 0.3) is 0 Å². The summed E-state index contributed by atoms with van der Waals surface area (Å²) in [5.74, 6) is 0. The lowest BCUT2D eigenvalue weighted by Crippen LogP contribution is -2.38. The van der Waals surface area contributed by atoms with Crippen LogP contribution in [0.25, 0.3) is 0 Å². The molecular formula is C14H22ClN3O2S. The number of anilines is 1. The molecule has 7 heteroatoms. The fraction of sp³-hybridized carbons (Fsp3) is 0.571. The number of nitrogens with two attached hydrogens (primary N) is 1. The molecule has 0 radical (unpaired) electrons. The van der Waals surface area contributed by atoms with Crippen molar-refractivity contribution in [2.75, 3.05) is 31.9 Å². The van der Waals surface area contributed by atoms with Gasteiger partial charge >= 0.3 is 0 Å². The highest BCUT2D eigenvalue weighted by molar-refractivity contribution is 7.89. The van der Waals surface area contributed by atoms with Crippen molar-refractivity contribution in [3.05, 3.63) is 23.2 Å². The average Bonchev–Trinajstić information content (AvgIpc) is 2.93. The summed E-state index contributed by atoms with van der Waals surface area (Å²) in [6, 6.07) is 4.77. The first-order valence-electron chi connectivity index (χ1n) is 7.19. The second-order valence-electron chi connectivity index (χ2n) is 5.21. The molecule has 5 nitrogen and oxygen atoms in total. The normalized spacial score (nSPS) is 20.3. The molecule has 1 heterocycles. The van der Waals surface area contributed by atoms with Gasteiger partial charge in [0.1, 0.15) is 0 Å². The predicted octanol–water partition coefficient (Wildman–Crippen LogP) is 2.03. The number of nitrogen functional groups attached to an aromatic ring is 1. The summed E-state index contributed by atoms with van der Waals surface area (Å²) in [6.45, 7) is 7.14. The summed E-state index contributed by atoms with van der Waals surface area (Å²) in [5.41, 5.74) is 6.00. The summed E-state index contributed by atoms with van der Waals surface area (Å²) >= 11 is 5.85. The molecule has 0 spiro atoms. The molecule has 0 bridgehead atoms. The van der Waals surface area contributed by atoms with E-state index in [2.05, 4.69) is 18.7 Å². The maximum atomic E-state index is 12.7. The van der Waals surface area contributed by atoms with Gasteiger partial charge in [-0.15, -0.1) is 0 Å². The van der Waals surface area contributed by atoms with Crippen molar-refractivity contribution < 1.29 is 8.42 Å². The molecule has 2 N–H and O–H groups in total. The van der Waals surface area contributed by atoms with E-state index in [0.717, 1.165) is 19.5 Å². The molecule has 1 saturated heterocycles. The lowest BCUT2D eigenvalue weighted by molar-refractivity contribution is 0.224. The minimum absolute atomic E-state index is 0.213. The number of sulfonamides is 1. The number of hydrogen-bond acceptors (Lipinski definition) is 4. The minimum Gasteiger partial charge on any atom is -0.397 e. The fourth-order valence-electron chi connectivity index (χ4n) is 2.80. The van der Waals surface area contributed by atoms with Crippen molar-refractivity contribution >= 4 is 27.3 Å². The Morgan fingerprint density at radius 1 is 1.38 bits per heavy atom. The van der Waals surface area contributed by atoms with Crippen LogP contribution >= 0.6 is 11.6 Å². The van der Waals surface area contributed by atoms with Crippen LogP contribution in [0.15, 0.2) is 23.1 Å². The largest absolute Gasteiger partial charge is 0.397 e. The first-order chi connectivity index (χ1) is 9.90. The van der Waals surface area contributed by atoms with Crippen LogP contribution in [0.1, 0.15) is 20.3 Å². The summed E-state index contributed by atoms with van der Waals surface area (Å²) in [6.07, 6.45) is 0.865. The first kappa shape index (κ1) is 16.5. The van der Waals surface area contributed by atoms with E-state index in [1.165, 1.54) is 18.2 Å². The van der Waals surface area contributed by atoms with E-state index in [1.807, 2.05) is 0 Å². The van der Waals surface area contributed by atoms with Gasteiger partial charge in [-0.2, -0.15) is 4.31 Å². The van der Waals surface area contributed by atoms with Gasteiger partial charge in [0.15, 0.2) is 0 Å². The third kappa shape index (κ3) is 3.34. The van der Waals surface area contributed by atoms with Crippen molar-refractivity contribution in [1.29, 1.82) is 0 Å². The highest BCUT2D eigenvalue weighted by Crippen LogP contribution is 2.27. The first-order valence-corrected chi connectivity index (χ1v) is 9.01. The van der Waals surface area contributed by atoms with Crippen molar-refractivity contribution in [2.24, 2.45) is 0 Å². The molecule has 1 aliphatic rings.